The van der Waals surface area contributed by atoms with Gasteiger partial charge in [0, 0.05) is 7.11 Å². The summed E-state index contributed by atoms with van der Waals surface area (Å²) in [7, 11) is 1.82. The topological polar surface area (TPSA) is 9.23 Å². The van der Waals surface area contributed by atoms with Gasteiger partial charge in [0.05, 0.1) is 6.10 Å². The van der Waals surface area contributed by atoms with Gasteiger partial charge in [0.1, 0.15) is 0 Å². The van der Waals surface area contributed by atoms with Gasteiger partial charge in [-0.05, 0) is 25.2 Å². The molecule has 1 fully saturated rings. The van der Waals surface area contributed by atoms with Gasteiger partial charge in [0.15, 0.2) is 0 Å². The predicted octanol–water partition coefficient (Wildman–Crippen LogP) is 2.42. The monoisotopic (exact) mass is 141 g/mol. The molecule has 0 aromatic carbocycles. The average molecular weight is 141 g/mol. The molecule has 0 aromatic heterocycles. The minimum absolute atomic E-state index is 0.552. The number of methoxy groups -OCH3 is 1. The highest BCUT2D eigenvalue weighted by molar-refractivity contribution is 4.75. The van der Waals surface area contributed by atoms with Crippen molar-refractivity contribution < 1.29 is 4.74 Å². The van der Waals surface area contributed by atoms with E-state index in [1.165, 1.54) is 25.7 Å². The van der Waals surface area contributed by atoms with E-state index < -0.39 is 0 Å². The number of ether oxygens (including phenoxy) is 1. The zero-order valence-electron chi connectivity index (χ0n) is 6.81. The van der Waals surface area contributed by atoms with Crippen molar-refractivity contribution in [3.63, 3.8) is 0 Å². The molecule has 2 atom stereocenters. The van der Waals surface area contributed by atoms with Crippen LogP contribution in [0.5, 0.6) is 0 Å². The smallest absolute Gasteiger partial charge is 0.0574 e. The molecule has 1 rings (SSSR count). The summed E-state index contributed by atoms with van der Waals surface area (Å²) in [5.74, 6) is 0.905. The van der Waals surface area contributed by atoms with Crippen LogP contribution in [0.1, 0.15) is 32.1 Å². The summed E-state index contributed by atoms with van der Waals surface area (Å²) < 4.78 is 5.27. The second-order valence-corrected chi connectivity index (χ2v) is 3.18. The quantitative estimate of drug-likeness (QED) is 0.586. The molecular weight excluding hydrogens is 124 g/mol. The Hall–Kier alpha value is -0.0400. The molecule has 0 N–H and O–H groups in total. The lowest BCUT2D eigenvalue weighted by molar-refractivity contribution is 0.105. The molecule has 1 radical (unpaired) electrons. The van der Waals surface area contributed by atoms with E-state index in [1.807, 2.05) is 7.11 Å². The molecule has 0 spiro atoms. The molecule has 0 aliphatic heterocycles. The highest BCUT2D eigenvalue weighted by Gasteiger charge is 2.22. The van der Waals surface area contributed by atoms with Crippen molar-refractivity contribution >= 4 is 0 Å². The second-order valence-electron chi connectivity index (χ2n) is 3.18. The predicted molar refractivity (Wildman–Crippen MR) is 42.7 cm³/mol. The molecule has 0 saturated heterocycles. The second kappa shape index (κ2) is 3.97. The van der Waals surface area contributed by atoms with Gasteiger partial charge in [-0.25, -0.2) is 0 Å². The Kier molecular flexibility index (Phi) is 3.20. The molecular formula is C9H17O. The molecule has 10 heavy (non-hydrogen) atoms. The maximum Gasteiger partial charge on any atom is 0.0574 e. The molecule has 0 amide bonds. The van der Waals surface area contributed by atoms with Crippen LogP contribution in [0.2, 0.25) is 0 Å². The summed E-state index contributed by atoms with van der Waals surface area (Å²) in [5, 5.41) is 0. The van der Waals surface area contributed by atoms with E-state index in [0.717, 1.165) is 12.3 Å². The van der Waals surface area contributed by atoms with Crippen molar-refractivity contribution in [2.24, 2.45) is 5.92 Å². The molecule has 2 unspecified atom stereocenters. The third-order valence-corrected chi connectivity index (χ3v) is 2.44. The van der Waals surface area contributed by atoms with Gasteiger partial charge >= 0.3 is 0 Å². The van der Waals surface area contributed by atoms with Crippen molar-refractivity contribution in [3.8, 4) is 0 Å². The van der Waals surface area contributed by atoms with Crippen LogP contribution < -0.4 is 0 Å². The van der Waals surface area contributed by atoms with Crippen LogP contribution in [0.25, 0.3) is 0 Å². The lowest BCUT2D eigenvalue weighted by Crippen LogP contribution is -2.04. The van der Waals surface area contributed by atoms with Gasteiger partial charge in [-0.3, -0.25) is 0 Å². The van der Waals surface area contributed by atoms with E-state index in [-0.39, 0.29) is 0 Å². The highest BCUT2D eigenvalue weighted by atomic mass is 16.5. The standard InChI is InChI=1S/C9H17O/c1-3-4-8-5-6-9(7-8)10-2/h8-9H,1,3-7H2,2H3. The van der Waals surface area contributed by atoms with Crippen LogP contribution in [-0.4, -0.2) is 13.2 Å². The maximum atomic E-state index is 5.27. The summed E-state index contributed by atoms with van der Waals surface area (Å²) in [4.78, 5) is 0. The first kappa shape index (κ1) is 8.06. The third-order valence-electron chi connectivity index (χ3n) is 2.44. The first-order chi connectivity index (χ1) is 4.86. The van der Waals surface area contributed by atoms with Crippen molar-refractivity contribution in [1.29, 1.82) is 0 Å². The molecule has 1 aliphatic rings. The Morgan fingerprint density at radius 2 is 2.30 bits per heavy atom. The zero-order valence-corrected chi connectivity index (χ0v) is 6.81. The highest BCUT2D eigenvalue weighted by Crippen LogP contribution is 2.30. The van der Waals surface area contributed by atoms with Crippen molar-refractivity contribution in [2.45, 2.75) is 38.2 Å². The number of hydrogen-bond acceptors (Lipinski definition) is 1. The summed E-state index contributed by atoms with van der Waals surface area (Å²) in [6.07, 6.45) is 6.82. The van der Waals surface area contributed by atoms with Gasteiger partial charge in [0.25, 0.3) is 0 Å². The first-order valence-electron chi connectivity index (χ1n) is 4.19. The van der Waals surface area contributed by atoms with Crippen LogP contribution in [0.15, 0.2) is 0 Å². The fourth-order valence-corrected chi connectivity index (χ4v) is 1.79. The Bertz CT molecular complexity index is 90.7. The molecule has 1 aliphatic carbocycles. The van der Waals surface area contributed by atoms with Crippen LogP contribution in [0.4, 0.5) is 0 Å². The fourth-order valence-electron chi connectivity index (χ4n) is 1.79. The van der Waals surface area contributed by atoms with Crippen molar-refractivity contribution in [2.75, 3.05) is 7.11 Å². The Morgan fingerprint density at radius 1 is 1.50 bits per heavy atom. The van der Waals surface area contributed by atoms with E-state index in [2.05, 4.69) is 6.92 Å². The maximum absolute atomic E-state index is 5.27. The minimum atomic E-state index is 0.552. The normalized spacial score (nSPS) is 33.0. The SMILES string of the molecule is [CH2]CCC1CCC(OC)C1. The first-order valence-corrected chi connectivity index (χ1v) is 4.19. The van der Waals surface area contributed by atoms with E-state index in [0.29, 0.717) is 6.10 Å². The van der Waals surface area contributed by atoms with Crippen LogP contribution in [-0.2, 0) is 4.74 Å². The molecule has 0 aromatic rings. The van der Waals surface area contributed by atoms with E-state index in [4.69, 9.17) is 4.74 Å². The molecule has 1 nitrogen and oxygen atoms in total. The van der Waals surface area contributed by atoms with E-state index in [9.17, 15) is 0 Å². The lowest BCUT2D eigenvalue weighted by Gasteiger charge is -2.07. The van der Waals surface area contributed by atoms with Gasteiger partial charge < -0.3 is 4.74 Å². The number of rotatable bonds is 3. The van der Waals surface area contributed by atoms with Gasteiger partial charge in [-0.2, -0.15) is 0 Å². The van der Waals surface area contributed by atoms with Crippen molar-refractivity contribution in [3.05, 3.63) is 6.92 Å². The molecule has 59 valence electrons. The lowest BCUT2D eigenvalue weighted by atomic mass is 10.0. The Morgan fingerprint density at radius 3 is 2.80 bits per heavy atom. The van der Waals surface area contributed by atoms with Crippen LogP contribution in [0, 0.1) is 12.8 Å². The average Bonchev–Trinajstić information content (AvgIpc) is 2.37. The van der Waals surface area contributed by atoms with E-state index in [1.54, 1.807) is 0 Å². The molecule has 0 bridgehead atoms. The van der Waals surface area contributed by atoms with E-state index >= 15 is 0 Å². The summed E-state index contributed by atoms with van der Waals surface area (Å²) in [6.45, 7) is 3.86. The molecule has 1 heteroatoms. The third kappa shape index (κ3) is 1.98. The largest absolute Gasteiger partial charge is 0.381 e. The summed E-state index contributed by atoms with van der Waals surface area (Å²) in [5.41, 5.74) is 0. The summed E-state index contributed by atoms with van der Waals surface area (Å²) >= 11 is 0. The Balaban J connectivity index is 2.15. The Labute approximate surface area is 63.8 Å². The van der Waals surface area contributed by atoms with Gasteiger partial charge in [-0.15, -0.1) is 0 Å². The van der Waals surface area contributed by atoms with Crippen LogP contribution in [0.3, 0.4) is 0 Å². The summed E-state index contributed by atoms with van der Waals surface area (Å²) in [6, 6.07) is 0. The minimum Gasteiger partial charge on any atom is -0.381 e. The van der Waals surface area contributed by atoms with Gasteiger partial charge in [-0.1, -0.05) is 19.8 Å². The molecule has 1 saturated carbocycles. The van der Waals surface area contributed by atoms with Crippen LogP contribution >= 0.6 is 0 Å². The molecule has 0 heterocycles. The fraction of sp³-hybridized carbons (Fsp3) is 0.889. The van der Waals surface area contributed by atoms with Crippen molar-refractivity contribution in [1.82, 2.24) is 0 Å². The zero-order chi connectivity index (χ0) is 7.40. The number of hydrogen-bond donors (Lipinski definition) is 0. The van der Waals surface area contributed by atoms with Gasteiger partial charge in [0.2, 0.25) is 0 Å².